The molecule has 0 radical (unpaired) electrons. The van der Waals surface area contributed by atoms with E-state index < -0.39 is 0 Å². The molecule has 1 amide bonds. The van der Waals surface area contributed by atoms with Crippen LogP contribution in [0.5, 0.6) is 5.75 Å². The van der Waals surface area contributed by atoms with Gasteiger partial charge in [0.05, 0.1) is 7.11 Å². The number of rotatable bonds is 5. The Kier molecular flexibility index (Phi) is 5.17. The van der Waals surface area contributed by atoms with Crippen molar-refractivity contribution in [1.82, 2.24) is 10.6 Å². The third-order valence-corrected chi connectivity index (χ3v) is 7.08. The van der Waals surface area contributed by atoms with Gasteiger partial charge >= 0.3 is 0 Å². The van der Waals surface area contributed by atoms with Gasteiger partial charge in [-0.1, -0.05) is 17.7 Å². The standard InChI is InChI=1S/C22H32N2O3/c1-16-3-4-19(26-2)17(13-16)22(7-11-27-12-8-22)15-24-20(25)18-14-21(18)5-9-23-10-6-21/h3-4,13,18,23H,5-12,14-15H2,1-2H3,(H,24,25). The lowest BCUT2D eigenvalue weighted by atomic mass is 9.73. The molecule has 0 aromatic heterocycles. The predicted molar refractivity (Wildman–Crippen MR) is 105 cm³/mol. The quantitative estimate of drug-likeness (QED) is 0.834. The van der Waals surface area contributed by atoms with Crippen LogP contribution in [0.1, 0.15) is 43.2 Å². The highest BCUT2D eigenvalue weighted by molar-refractivity contribution is 5.82. The minimum absolute atomic E-state index is 0.110. The number of nitrogens with one attached hydrogen (secondary N) is 2. The van der Waals surface area contributed by atoms with Crippen LogP contribution in [0.15, 0.2) is 18.2 Å². The summed E-state index contributed by atoms with van der Waals surface area (Å²) in [6.07, 6.45) is 5.15. The van der Waals surface area contributed by atoms with Gasteiger partial charge in [-0.2, -0.15) is 0 Å². The molecule has 2 heterocycles. The molecule has 148 valence electrons. The molecular formula is C22H32N2O3. The molecule has 2 aliphatic heterocycles. The Morgan fingerprint density at radius 2 is 2.00 bits per heavy atom. The molecule has 1 saturated carbocycles. The van der Waals surface area contributed by atoms with E-state index in [-0.39, 0.29) is 22.7 Å². The molecule has 1 atom stereocenters. The maximum atomic E-state index is 12.9. The van der Waals surface area contributed by atoms with Crippen LogP contribution in [0.25, 0.3) is 0 Å². The third-order valence-electron chi connectivity index (χ3n) is 7.08. The summed E-state index contributed by atoms with van der Waals surface area (Å²) in [6, 6.07) is 6.36. The smallest absolute Gasteiger partial charge is 0.223 e. The SMILES string of the molecule is COc1ccc(C)cc1C1(CNC(=O)C2CC23CCNCC3)CCOCC1. The molecule has 5 heteroatoms. The average Bonchev–Trinajstić information content (AvgIpc) is 3.40. The number of methoxy groups -OCH3 is 1. The van der Waals surface area contributed by atoms with E-state index in [0.29, 0.717) is 6.54 Å². The minimum Gasteiger partial charge on any atom is -0.496 e. The number of aryl methyl sites for hydroxylation is 1. The highest BCUT2D eigenvalue weighted by Gasteiger charge is 2.57. The summed E-state index contributed by atoms with van der Waals surface area (Å²) in [6.45, 7) is 6.33. The molecule has 1 aromatic rings. The van der Waals surface area contributed by atoms with Crippen LogP contribution in [0.2, 0.25) is 0 Å². The van der Waals surface area contributed by atoms with Crippen LogP contribution in [-0.2, 0) is 14.9 Å². The summed E-state index contributed by atoms with van der Waals surface area (Å²) in [5, 5.41) is 6.74. The van der Waals surface area contributed by atoms with Crippen LogP contribution in [-0.4, -0.2) is 45.9 Å². The van der Waals surface area contributed by atoms with Gasteiger partial charge in [-0.25, -0.2) is 0 Å². The lowest BCUT2D eigenvalue weighted by molar-refractivity contribution is -0.123. The van der Waals surface area contributed by atoms with Crippen molar-refractivity contribution in [3.63, 3.8) is 0 Å². The number of amides is 1. The second kappa shape index (κ2) is 7.44. The average molecular weight is 373 g/mol. The van der Waals surface area contributed by atoms with E-state index in [1.54, 1.807) is 7.11 Å². The second-order valence-corrected chi connectivity index (χ2v) is 8.68. The van der Waals surface area contributed by atoms with Gasteiger partial charge < -0.3 is 20.1 Å². The Bertz CT molecular complexity index is 691. The van der Waals surface area contributed by atoms with Crippen molar-refractivity contribution in [1.29, 1.82) is 0 Å². The number of carbonyl (C=O) groups is 1. The summed E-state index contributed by atoms with van der Waals surface area (Å²) >= 11 is 0. The van der Waals surface area contributed by atoms with Gasteiger partial charge in [-0.15, -0.1) is 0 Å². The van der Waals surface area contributed by atoms with Crippen molar-refractivity contribution in [2.75, 3.05) is 40.0 Å². The Hall–Kier alpha value is -1.59. The zero-order valence-electron chi connectivity index (χ0n) is 16.6. The molecule has 2 saturated heterocycles. The Morgan fingerprint density at radius 1 is 1.26 bits per heavy atom. The van der Waals surface area contributed by atoms with E-state index >= 15 is 0 Å². The largest absolute Gasteiger partial charge is 0.496 e. The number of hydrogen-bond donors (Lipinski definition) is 2. The Morgan fingerprint density at radius 3 is 2.70 bits per heavy atom. The molecular weight excluding hydrogens is 340 g/mol. The number of ether oxygens (including phenoxy) is 2. The van der Waals surface area contributed by atoms with Crippen LogP contribution < -0.4 is 15.4 Å². The molecule has 1 aliphatic carbocycles. The van der Waals surface area contributed by atoms with Gasteiger partial charge in [0.2, 0.25) is 5.91 Å². The lowest BCUT2D eigenvalue weighted by Crippen LogP contribution is -2.45. The minimum atomic E-state index is -0.110. The maximum absolute atomic E-state index is 12.9. The monoisotopic (exact) mass is 372 g/mol. The van der Waals surface area contributed by atoms with E-state index in [1.807, 2.05) is 0 Å². The Balaban J connectivity index is 1.50. The van der Waals surface area contributed by atoms with Gasteiger partial charge in [0.1, 0.15) is 5.75 Å². The molecule has 27 heavy (non-hydrogen) atoms. The predicted octanol–water partition coefficient (Wildman–Crippen LogP) is 2.56. The number of piperidine rings is 1. The highest BCUT2D eigenvalue weighted by Crippen LogP contribution is 2.58. The molecule has 4 rings (SSSR count). The Labute approximate surface area is 162 Å². The molecule has 1 spiro atoms. The van der Waals surface area contributed by atoms with Crippen molar-refractivity contribution in [2.45, 2.75) is 44.4 Å². The van der Waals surface area contributed by atoms with Gasteiger partial charge in [0.25, 0.3) is 0 Å². The van der Waals surface area contributed by atoms with Gasteiger partial charge in [0.15, 0.2) is 0 Å². The first kappa shape index (κ1) is 18.8. The molecule has 1 aromatic carbocycles. The summed E-state index contributed by atoms with van der Waals surface area (Å²) in [5.74, 6) is 1.36. The van der Waals surface area contributed by atoms with E-state index in [4.69, 9.17) is 9.47 Å². The first-order valence-electron chi connectivity index (χ1n) is 10.3. The van der Waals surface area contributed by atoms with Crippen molar-refractivity contribution >= 4 is 5.91 Å². The van der Waals surface area contributed by atoms with E-state index in [1.165, 1.54) is 11.1 Å². The lowest BCUT2D eigenvalue weighted by Gasteiger charge is -2.39. The molecule has 5 nitrogen and oxygen atoms in total. The summed E-state index contributed by atoms with van der Waals surface area (Å²) in [5.41, 5.74) is 2.60. The molecule has 1 unspecified atom stereocenters. The van der Waals surface area contributed by atoms with Gasteiger partial charge in [-0.05, 0) is 63.6 Å². The van der Waals surface area contributed by atoms with Crippen molar-refractivity contribution in [3.8, 4) is 5.75 Å². The first-order chi connectivity index (χ1) is 13.1. The van der Waals surface area contributed by atoms with E-state index in [0.717, 1.165) is 64.2 Å². The summed E-state index contributed by atoms with van der Waals surface area (Å²) in [4.78, 5) is 12.9. The van der Waals surface area contributed by atoms with Crippen LogP contribution in [0, 0.1) is 18.3 Å². The third kappa shape index (κ3) is 3.59. The number of carbonyl (C=O) groups excluding carboxylic acids is 1. The van der Waals surface area contributed by atoms with Gasteiger partial charge in [0, 0.05) is 36.7 Å². The van der Waals surface area contributed by atoms with Crippen molar-refractivity contribution in [2.24, 2.45) is 11.3 Å². The summed E-state index contributed by atoms with van der Waals surface area (Å²) < 4.78 is 11.3. The fourth-order valence-electron chi connectivity index (χ4n) is 5.11. The zero-order valence-corrected chi connectivity index (χ0v) is 16.6. The van der Waals surface area contributed by atoms with E-state index in [2.05, 4.69) is 35.8 Å². The van der Waals surface area contributed by atoms with Crippen LogP contribution in [0.3, 0.4) is 0 Å². The fourth-order valence-corrected chi connectivity index (χ4v) is 5.11. The van der Waals surface area contributed by atoms with Crippen LogP contribution in [0.4, 0.5) is 0 Å². The highest BCUT2D eigenvalue weighted by atomic mass is 16.5. The number of benzene rings is 1. The zero-order chi connectivity index (χ0) is 18.9. The molecule has 3 aliphatic rings. The summed E-state index contributed by atoms with van der Waals surface area (Å²) in [7, 11) is 1.73. The first-order valence-corrected chi connectivity index (χ1v) is 10.3. The maximum Gasteiger partial charge on any atom is 0.223 e. The topological polar surface area (TPSA) is 59.6 Å². The number of hydrogen-bond acceptors (Lipinski definition) is 4. The molecule has 0 bridgehead atoms. The van der Waals surface area contributed by atoms with Gasteiger partial charge in [-0.3, -0.25) is 4.79 Å². The van der Waals surface area contributed by atoms with Crippen molar-refractivity contribution in [3.05, 3.63) is 29.3 Å². The normalized spacial score (nSPS) is 25.8. The molecule has 2 N–H and O–H groups in total. The van der Waals surface area contributed by atoms with E-state index in [9.17, 15) is 4.79 Å². The van der Waals surface area contributed by atoms with Crippen molar-refractivity contribution < 1.29 is 14.3 Å². The molecule has 3 fully saturated rings. The second-order valence-electron chi connectivity index (χ2n) is 8.68. The van der Waals surface area contributed by atoms with Crippen LogP contribution >= 0.6 is 0 Å². The fraction of sp³-hybridized carbons (Fsp3) is 0.682.